The van der Waals surface area contributed by atoms with Crippen LogP contribution in [-0.2, 0) is 11.3 Å². The van der Waals surface area contributed by atoms with E-state index in [2.05, 4.69) is 15.5 Å². The van der Waals surface area contributed by atoms with E-state index in [1.807, 2.05) is 48.7 Å². The molecule has 1 amide bonds. The van der Waals surface area contributed by atoms with Gasteiger partial charge in [-0.15, -0.1) is 10.2 Å². The Bertz CT molecular complexity index is 978. The normalized spacial score (nSPS) is 12.0. The summed E-state index contributed by atoms with van der Waals surface area (Å²) in [5, 5.41) is 12.0. The fourth-order valence-corrected chi connectivity index (χ4v) is 3.81. The molecule has 1 heterocycles. The van der Waals surface area contributed by atoms with Crippen LogP contribution in [0.2, 0.25) is 0 Å². The number of aromatic nitrogens is 3. The number of halogens is 1. The molecule has 0 radical (unpaired) electrons. The van der Waals surface area contributed by atoms with Gasteiger partial charge in [-0.25, -0.2) is 4.39 Å². The molecule has 0 bridgehead atoms. The maximum Gasteiger partial charge on any atom is 0.230 e. The van der Waals surface area contributed by atoms with Gasteiger partial charge in [-0.1, -0.05) is 54.2 Å². The van der Waals surface area contributed by atoms with Crippen LogP contribution in [0.15, 0.2) is 59.8 Å². The third kappa shape index (κ3) is 5.60. The first kappa shape index (κ1) is 21.8. The van der Waals surface area contributed by atoms with Gasteiger partial charge in [0.25, 0.3) is 0 Å². The molecule has 1 unspecified atom stereocenters. The summed E-state index contributed by atoms with van der Waals surface area (Å²) in [5.41, 5.74) is 1.04. The largest absolute Gasteiger partial charge is 0.480 e. The number of amides is 1. The molecule has 0 aliphatic heterocycles. The van der Waals surface area contributed by atoms with E-state index in [0.29, 0.717) is 17.5 Å². The number of carbonyl (C=O) groups is 1. The number of benzene rings is 2. The quantitative estimate of drug-likeness (QED) is 0.507. The third-order valence-electron chi connectivity index (χ3n) is 4.38. The van der Waals surface area contributed by atoms with Crippen molar-refractivity contribution in [2.45, 2.75) is 44.6 Å². The molecule has 8 heteroatoms. The van der Waals surface area contributed by atoms with E-state index in [1.54, 1.807) is 25.1 Å². The lowest BCUT2D eigenvalue weighted by molar-refractivity contribution is -0.118. The monoisotopic (exact) mass is 428 g/mol. The molecule has 6 nitrogen and oxygen atoms in total. The van der Waals surface area contributed by atoms with Crippen molar-refractivity contribution in [3.05, 3.63) is 71.8 Å². The Hall–Kier alpha value is -2.87. The minimum Gasteiger partial charge on any atom is -0.480 e. The molecule has 2 aromatic carbocycles. The molecule has 0 fully saturated rings. The minimum atomic E-state index is -0.502. The summed E-state index contributed by atoms with van der Waals surface area (Å²) in [5.74, 6) is 0.461. The van der Waals surface area contributed by atoms with Gasteiger partial charge >= 0.3 is 0 Å². The van der Waals surface area contributed by atoms with Gasteiger partial charge in [-0.3, -0.25) is 4.79 Å². The van der Waals surface area contributed by atoms with Crippen molar-refractivity contribution < 1.29 is 13.9 Å². The summed E-state index contributed by atoms with van der Waals surface area (Å²) < 4.78 is 21.6. The van der Waals surface area contributed by atoms with Crippen LogP contribution in [0.25, 0.3) is 0 Å². The van der Waals surface area contributed by atoms with Crippen molar-refractivity contribution in [2.24, 2.45) is 0 Å². The number of para-hydroxylation sites is 1. The first-order valence-corrected chi connectivity index (χ1v) is 10.7. The zero-order valence-electron chi connectivity index (χ0n) is 17.2. The Morgan fingerprint density at radius 3 is 2.50 bits per heavy atom. The van der Waals surface area contributed by atoms with Gasteiger partial charge in [-0.05, 0) is 38.5 Å². The summed E-state index contributed by atoms with van der Waals surface area (Å²) in [6.45, 7) is 6.29. The van der Waals surface area contributed by atoms with Gasteiger partial charge in [0, 0.05) is 12.6 Å². The first-order chi connectivity index (χ1) is 14.5. The van der Waals surface area contributed by atoms with Crippen LogP contribution in [0.1, 0.15) is 44.3 Å². The summed E-state index contributed by atoms with van der Waals surface area (Å²) in [6, 6.07) is 16.1. The number of hydrogen-bond donors (Lipinski definition) is 1. The van der Waals surface area contributed by atoms with Crippen LogP contribution in [0.5, 0.6) is 5.75 Å². The highest BCUT2D eigenvalue weighted by atomic mass is 32.2. The average Bonchev–Trinajstić information content (AvgIpc) is 3.17. The van der Waals surface area contributed by atoms with E-state index in [9.17, 15) is 9.18 Å². The number of carbonyl (C=O) groups excluding carboxylic acids is 1. The second-order valence-corrected chi connectivity index (χ2v) is 7.99. The van der Waals surface area contributed by atoms with E-state index in [-0.39, 0.29) is 23.5 Å². The van der Waals surface area contributed by atoms with Crippen molar-refractivity contribution >= 4 is 17.7 Å². The van der Waals surface area contributed by atoms with Crippen LogP contribution in [0, 0.1) is 5.82 Å². The van der Waals surface area contributed by atoms with Gasteiger partial charge < -0.3 is 14.6 Å². The molecular formula is C22H25FN4O2S. The number of nitrogens with zero attached hydrogens (tertiary/aromatic N) is 3. The molecule has 1 N–H and O–H groups in total. The molecule has 0 aliphatic carbocycles. The standard InChI is InChI=1S/C22H25FN4O2S/c1-15(2)27-21(16(3)29-19-12-8-7-11-18(19)23)25-26-22(27)30-14-20(28)24-13-17-9-5-4-6-10-17/h4-12,15-16H,13-14H2,1-3H3,(H,24,28). The summed E-state index contributed by atoms with van der Waals surface area (Å²) in [4.78, 5) is 12.2. The molecule has 1 atom stereocenters. The highest BCUT2D eigenvalue weighted by Crippen LogP contribution is 2.28. The van der Waals surface area contributed by atoms with Crippen molar-refractivity contribution in [1.29, 1.82) is 0 Å². The van der Waals surface area contributed by atoms with E-state index in [4.69, 9.17) is 4.74 Å². The van der Waals surface area contributed by atoms with Crippen molar-refractivity contribution in [3.63, 3.8) is 0 Å². The maximum absolute atomic E-state index is 13.9. The first-order valence-electron chi connectivity index (χ1n) is 9.75. The Balaban J connectivity index is 1.63. The number of ether oxygens (including phenoxy) is 1. The molecule has 158 valence electrons. The van der Waals surface area contributed by atoms with Crippen molar-refractivity contribution in [1.82, 2.24) is 20.1 Å². The third-order valence-corrected chi connectivity index (χ3v) is 5.32. The molecule has 30 heavy (non-hydrogen) atoms. The lowest BCUT2D eigenvalue weighted by Gasteiger charge is -2.19. The molecule has 0 saturated carbocycles. The summed E-state index contributed by atoms with van der Waals surface area (Å²) in [6.07, 6.45) is -0.502. The lowest BCUT2D eigenvalue weighted by Crippen LogP contribution is -2.24. The van der Waals surface area contributed by atoms with Gasteiger partial charge in [0.05, 0.1) is 5.75 Å². The molecule has 1 aromatic heterocycles. The minimum absolute atomic E-state index is 0.0524. The van der Waals surface area contributed by atoms with Crippen LogP contribution in [0.4, 0.5) is 4.39 Å². The predicted molar refractivity (Wildman–Crippen MR) is 115 cm³/mol. The SMILES string of the molecule is CC(Oc1ccccc1F)c1nnc(SCC(=O)NCc2ccccc2)n1C(C)C. The highest BCUT2D eigenvalue weighted by molar-refractivity contribution is 7.99. The van der Waals surface area contributed by atoms with Crippen LogP contribution < -0.4 is 10.1 Å². The van der Waals surface area contributed by atoms with Crippen molar-refractivity contribution in [3.8, 4) is 5.75 Å². The Labute approximate surface area is 179 Å². The zero-order valence-corrected chi connectivity index (χ0v) is 18.0. The Morgan fingerprint density at radius 1 is 1.10 bits per heavy atom. The highest BCUT2D eigenvalue weighted by Gasteiger charge is 2.22. The zero-order chi connectivity index (χ0) is 21.5. The molecule has 3 rings (SSSR count). The van der Waals surface area contributed by atoms with E-state index in [0.717, 1.165) is 5.56 Å². The van der Waals surface area contributed by atoms with Gasteiger partial charge in [0.15, 0.2) is 28.7 Å². The number of hydrogen-bond acceptors (Lipinski definition) is 5. The molecule has 0 saturated heterocycles. The fraction of sp³-hybridized carbons (Fsp3) is 0.318. The Kier molecular flexibility index (Phi) is 7.46. The second-order valence-electron chi connectivity index (χ2n) is 7.05. The topological polar surface area (TPSA) is 69.0 Å². The number of rotatable bonds is 9. The number of nitrogens with one attached hydrogen (secondary N) is 1. The molecule has 3 aromatic rings. The van der Waals surface area contributed by atoms with E-state index < -0.39 is 11.9 Å². The van der Waals surface area contributed by atoms with Crippen LogP contribution in [-0.4, -0.2) is 26.4 Å². The smallest absolute Gasteiger partial charge is 0.230 e. The summed E-state index contributed by atoms with van der Waals surface area (Å²) in [7, 11) is 0. The molecule has 0 spiro atoms. The maximum atomic E-state index is 13.9. The van der Waals surface area contributed by atoms with Crippen LogP contribution in [0.3, 0.4) is 0 Å². The average molecular weight is 429 g/mol. The molecule has 0 aliphatic rings. The van der Waals surface area contributed by atoms with Gasteiger partial charge in [0.2, 0.25) is 5.91 Å². The van der Waals surface area contributed by atoms with Crippen LogP contribution >= 0.6 is 11.8 Å². The second kappa shape index (κ2) is 10.2. The summed E-state index contributed by atoms with van der Waals surface area (Å²) >= 11 is 1.31. The Morgan fingerprint density at radius 2 is 1.80 bits per heavy atom. The number of thioether (sulfide) groups is 1. The van der Waals surface area contributed by atoms with Gasteiger partial charge in [0.1, 0.15) is 0 Å². The molecular weight excluding hydrogens is 403 g/mol. The predicted octanol–water partition coefficient (Wildman–Crippen LogP) is 4.55. The fourth-order valence-electron chi connectivity index (χ4n) is 2.91. The van der Waals surface area contributed by atoms with E-state index in [1.165, 1.54) is 17.8 Å². The van der Waals surface area contributed by atoms with Crippen molar-refractivity contribution in [2.75, 3.05) is 5.75 Å². The van der Waals surface area contributed by atoms with E-state index >= 15 is 0 Å². The van der Waals surface area contributed by atoms with Gasteiger partial charge in [-0.2, -0.15) is 0 Å². The lowest BCUT2D eigenvalue weighted by atomic mass is 10.2.